The number of pyridine rings is 1. The van der Waals surface area contributed by atoms with E-state index in [2.05, 4.69) is 22.1 Å². The first-order valence-corrected chi connectivity index (χ1v) is 3.39. The maximum atomic E-state index is 11.0. The number of nitrogens with one attached hydrogen (secondary N) is 1. The number of amides is 1. The van der Waals surface area contributed by atoms with Crippen LogP contribution in [0.3, 0.4) is 0 Å². The molecule has 1 amide bonds. The van der Waals surface area contributed by atoms with E-state index >= 15 is 0 Å². The zero-order valence-corrected chi connectivity index (χ0v) is 6.70. The minimum atomic E-state index is -0.242. The lowest BCUT2D eigenvalue weighted by Gasteiger charge is -2.00. The van der Waals surface area contributed by atoms with Crippen LogP contribution in [0.25, 0.3) is 0 Å². The lowest BCUT2D eigenvalue weighted by atomic mass is 10.3. The molecule has 0 aliphatic rings. The van der Waals surface area contributed by atoms with Crippen LogP contribution in [0.1, 0.15) is 10.5 Å². The van der Waals surface area contributed by atoms with Crippen molar-refractivity contribution in [3.63, 3.8) is 0 Å². The van der Waals surface area contributed by atoms with E-state index < -0.39 is 0 Å². The quantitative estimate of drug-likeness (QED) is 0.698. The van der Waals surface area contributed by atoms with E-state index in [0.717, 1.165) is 0 Å². The molecule has 1 N–H and O–H groups in total. The minimum Gasteiger partial charge on any atom is -0.474 e. The second kappa shape index (κ2) is 3.71. The van der Waals surface area contributed by atoms with Crippen molar-refractivity contribution >= 4 is 5.91 Å². The van der Waals surface area contributed by atoms with Crippen LogP contribution in [0, 0.1) is 7.11 Å². The number of hydrogen-bond donors (Lipinski definition) is 1. The van der Waals surface area contributed by atoms with Crippen LogP contribution in [0.2, 0.25) is 0 Å². The maximum Gasteiger partial charge on any atom is 0.269 e. The second-order valence-electron chi connectivity index (χ2n) is 2.08. The van der Waals surface area contributed by atoms with Gasteiger partial charge in [-0.1, -0.05) is 6.07 Å². The summed E-state index contributed by atoms with van der Waals surface area (Å²) in [6, 6.07) is 4.90. The van der Waals surface area contributed by atoms with Crippen LogP contribution in [-0.4, -0.2) is 17.9 Å². The second-order valence-corrected chi connectivity index (χ2v) is 2.08. The molecule has 0 unspecified atom stereocenters. The Morgan fingerprint density at radius 1 is 1.67 bits per heavy atom. The third kappa shape index (κ3) is 1.72. The summed E-state index contributed by atoms with van der Waals surface area (Å²) in [4.78, 5) is 14.9. The third-order valence-electron chi connectivity index (χ3n) is 1.33. The molecule has 63 valence electrons. The first-order chi connectivity index (χ1) is 5.77. The fourth-order valence-corrected chi connectivity index (χ4v) is 0.750. The summed E-state index contributed by atoms with van der Waals surface area (Å²) in [7, 11) is 4.73. The van der Waals surface area contributed by atoms with Crippen molar-refractivity contribution in [1.82, 2.24) is 10.3 Å². The van der Waals surface area contributed by atoms with E-state index in [9.17, 15) is 4.79 Å². The van der Waals surface area contributed by atoms with Crippen molar-refractivity contribution in [3.05, 3.63) is 31.0 Å². The summed E-state index contributed by atoms with van der Waals surface area (Å²) in [6.45, 7) is 0. The number of aromatic nitrogens is 1. The van der Waals surface area contributed by atoms with E-state index in [0.29, 0.717) is 11.6 Å². The number of ether oxygens (including phenoxy) is 1. The summed E-state index contributed by atoms with van der Waals surface area (Å²) in [6.07, 6.45) is 0. The van der Waals surface area contributed by atoms with Crippen molar-refractivity contribution in [1.29, 1.82) is 0 Å². The fourth-order valence-electron chi connectivity index (χ4n) is 0.750. The summed E-state index contributed by atoms with van der Waals surface area (Å²) in [5, 5.41) is 2.46. The Hall–Kier alpha value is -1.58. The van der Waals surface area contributed by atoms with Crippen LogP contribution < -0.4 is 10.1 Å². The number of hydrogen-bond acceptors (Lipinski definition) is 3. The Morgan fingerprint density at radius 3 is 3.00 bits per heavy atom. The number of carbonyl (C=O) groups is 1. The standard InChI is InChI=1S/C8H9N2O2/c1-9-8(11)6-4-3-5-7(10-6)12-2/h3-5H,2H2,1H3,(H,9,11). The molecular weight excluding hydrogens is 156 g/mol. The van der Waals surface area contributed by atoms with Crippen molar-refractivity contribution in [2.24, 2.45) is 0 Å². The normalized spacial score (nSPS) is 9.17. The average Bonchev–Trinajstić information content (AvgIpc) is 2.17. The minimum absolute atomic E-state index is 0.242. The van der Waals surface area contributed by atoms with Crippen molar-refractivity contribution in [2.75, 3.05) is 7.05 Å². The summed E-state index contributed by atoms with van der Waals surface area (Å²) in [5.74, 6) is 0.0880. The Bertz CT molecular complexity index is 286. The molecule has 12 heavy (non-hydrogen) atoms. The number of carbonyl (C=O) groups excluding carboxylic acids is 1. The zero-order chi connectivity index (χ0) is 8.97. The third-order valence-corrected chi connectivity index (χ3v) is 1.33. The summed E-state index contributed by atoms with van der Waals surface area (Å²) < 4.78 is 4.61. The van der Waals surface area contributed by atoms with Gasteiger partial charge in [0.05, 0.1) is 0 Å². The van der Waals surface area contributed by atoms with Crippen molar-refractivity contribution in [2.45, 2.75) is 0 Å². The number of rotatable bonds is 2. The molecule has 0 aromatic carbocycles. The van der Waals surface area contributed by atoms with Crippen molar-refractivity contribution in [3.8, 4) is 5.88 Å². The van der Waals surface area contributed by atoms with Gasteiger partial charge < -0.3 is 10.1 Å². The van der Waals surface area contributed by atoms with E-state index in [4.69, 9.17) is 0 Å². The molecule has 1 heterocycles. The molecule has 1 radical (unpaired) electrons. The Balaban J connectivity index is 2.93. The van der Waals surface area contributed by atoms with E-state index in [1.165, 1.54) is 0 Å². The molecule has 0 aliphatic carbocycles. The molecule has 4 nitrogen and oxygen atoms in total. The lowest BCUT2D eigenvalue weighted by Crippen LogP contribution is -2.19. The highest BCUT2D eigenvalue weighted by Gasteiger charge is 2.04. The highest BCUT2D eigenvalue weighted by atomic mass is 16.5. The van der Waals surface area contributed by atoms with Gasteiger partial charge in [0.15, 0.2) is 0 Å². The zero-order valence-electron chi connectivity index (χ0n) is 6.70. The van der Waals surface area contributed by atoms with Crippen molar-refractivity contribution < 1.29 is 9.53 Å². The monoisotopic (exact) mass is 165 g/mol. The van der Waals surface area contributed by atoms with Gasteiger partial charge in [-0.2, -0.15) is 0 Å². The van der Waals surface area contributed by atoms with Crippen LogP contribution >= 0.6 is 0 Å². The molecular formula is C8H9N2O2. The molecule has 1 aromatic heterocycles. The molecule has 1 rings (SSSR count). The van der Waals surface area contributed by atoms with Gasteiger partial charge >= 0.3 is 0 Å². The Morgan fingerprint density at radius 2 is 2.42 bits per heavy atom. The van der Waals surface area contributed by atoms with Gasteiger partial charge in [-0.05, 0) is 6.07 Å². The molecule has 1 aromatic rings. The fraction of sp³-hybridized carbons (Fsp3) is 0.125. The topological polar surface area (TPSA) is 51.2 Å². The largest absolute Gasteiger partial charge is 0.474 e. The lowest BCUT2D eigenvalue weighted by molar-refractivity contribution is 0.0957. The predicted octanol–water partition coefficient (Wildman–Crippen LogP) is 0.612. The van der Waals surface area contributed by atoms with Gasteiger partial charge in [0.25, 0.3) is 5.91 Å². The molecule has 0 fully saturated rings. The molecule has 0 spiro atoms. The SMILES string of the molecule is [CH2]Oc1cccc(C(=O)NC)n1. The summed E-state index contributed by atoms with van der Waals surface area (Å²) in [5.41, 5.74) is 0.318. The van der Waals surface area contributed by atoms with Gasteiger partial charge in [-0.25, -0.2) is 4.98 Å². The van der Waals surface area contributed by atoms with Crippen LogP contribution in [-0.2, 0) is 0 Å². The Labute approximate surface area is 70.6 Å². The molecule has 4 heteroatoms. The van der Waals surface area contributed by atoms with Gasteiger partial charge in [0.1, 0.15) is 12.8 Å². The molecule has 0 aliphatic heterocycles. The highest BCUT2D eigenvalue weighted by molar-refractivity contribution is 5.92. The first kappa shape index (κ1) is 8.52. The molecule has 0 saturated carbocycles. The number of nitrogens with zero attached hydrogens (tertiary/aromatic N) is 1. The van der Waals surface area contributed by atoms with Gasteiger partial charge in [-0.15, -0.1) is 0 Å². The van der Waals surface area contributed by atoms with Crippen LogP contribution in [0.4, 0.5) is 0 Å². The molecule has 0 saturated heterocycles. The smallest absolute Gasteiger partial charge is 0.269 e. The van der Waals surface area contributed by atoms with E-state index in [1.54, 1.807) is 25.2 Å². The predicted molar refractivity (Wildman–Crippen MR) is 43.6 cm³/mol. The Kier molecular flexibility index (Phi) is 2.63. The van der Waals surface area contributed by atoms with Crippen LogP contribution in [0.15, 0.2) is 18.2 Å². The summed E-state index contributed by atoms with van der Waals surface area (Å²) >= 11 is 0. The molecule has 0 atom stereocenters. The first-order valence-electron chi connectivity index (χ1n) is 3.39. The highest BCUT2D eigenvalue weighted by Crippen LogP contribution is 2.06. The molecule has 0 bridgehead atoms. The van der Waals surface area contributed by atoms with E-state index in [1.807, 2.05) is 0 Å². The maximum absolute atomic E-state index is 11.0. The van der Waals surface area contributed by atoms with Crippen LogP contribution in [0.5, 0.6) is 5.88 Å². The van der Waals surface area contributed by atoms with E-state index in [-0.39, 0.29) is 5.91 Å². The van der Waals surface area contributed by atoms with Gasteiger partial charge in [-0.3, -0.25) is 4.79 Å². The average molecular weight is 165 g/mol. The van der Waals surface area contributed by atoms with Gasteiger partial charge in [0.2, 0.25) is 5.88 Å². The van der Waals surface area contributed by atoms with Gasteiger partial charge in [0, 0.05) is 13.1 Å².